The third-order valence-corrected chi connectivity index (χ3v) is 4.06. The maximum absolute atomic E-state index is 12.2. The van der Waals surface area contributed by atoms with Gasteiger partial charge in [-0.25, -0.2) is 0 Å². The summed E-state index contributed by atoms with van der Waals surface area (Å²) in [5.74, 6) is -0.333. The average molecular weight is 330 g/mol. The molecule has 0 bridgehead atoms. The third-order valence-electron chi connectivity index (χ3n) is 2.83. The van der Waals surface area contributed by atoms with Crippen LogP contribution >= 0.6 is 34.8 Å². The summed E-state index contributed by atoms with van der Waals surface area (Å²) in [5, 5.41) is 3.81. The van der Waals surface area contributed by atoms with Crippen molar-refractivity contribution in [2.24, 2.45) is 0 Å². The molecular weight excluding hydrogens is 319 g/mol. The van der Waals surface area contributed by atoms with Gasteiger partial charge in [0.05, 0.1) is 15.7 Å². The zero-order valence-electron chi connectivity index (χ0n) is 10.5. The van der Waals surface area contributed by atoms with Crippen molar-refractivity contribution in [1.29, 1.82) is 0 Å². The second-order valence-electron chi connectivity index (χ2n) is 4.23. The second kappa shape index (κ2) is 5.92. The van der Waals surface area contributed by atoms with Crippen molar-refractivity contribution in [2.45, 2.75) is 6.92 Å². The molecular formula is C14H11Cl3N2O. The van der Waals surface area contributed by atoms with E-state index in [1.165, 1.54) is 12.1 Å². The van der Waals surface area contributed by atoms with Gasteiger partial charge in [-0.2, -0.15) is 0 Å². The Morgan fingerprint density at radius 1 is 1.15 bits per heavy atom. The van der Waals surface area contributed by atoms with Crippen LogP contribution in [0.1, 0.15) is 15.9 Å². The SMILES string of the molecule is Cc1c(Cl)cccc1NC(=O)c1cc(N)c(Cl)c(Cl)c1. The fourth-order valence-electron chi connectivity index (χ4n) is 1.68. The van der Waals surface area contributed by atoms with Gasteiger partial charge in [0.25, 0.3) is 5.91 Å². The molecule has 0 aliphatic heterocycles. The van der Waals surface area contributed by atoms with E-state index >= 15 is 0 Å². The van der Waals surface area contributed by atoms with E-state index < -0.39 is 0 Å². The Balaban J connectivity index is 2.31. The largest absolute Gasteiger partial charge is 0.397 e. The number of nitrogens with two attached hydrogens (primary N) is 1. The molecule has 2 rings (SSSR count). The Morgan fingerprint density at radius 2 is 1.85 bits per heavy atom. The van der Waals surface area contributed by atoms with Crippen LogP contribution in [0.3, 0.4) is 0 Å². The van der Waals surface area contributed by atoms with E-state index in [4.69, 9.17) is 40.5 Å². The predicted octanol–water partition coefficient (Wildman–Crippen LogP) is 4.79. The molecule has 2 aromatic rings. The monoisotopic (exact) mass is 328 g/mol. The lowest BCUT2D eigenvalue weighted by atomic mass is 10.1. The number of carbonyl (C=O) groups is 1. The molecule has 2 aromatic carbocycles. The fourth-order valence-corrected chi connectivity index (χ4v) is 2.19. The van der Waals surface area contributed by atoms with E-state index in [-0.39, 0.29) is 21.6 Å². The fraction of sp³-hybridized carbons (Fsp3) is 0.0714. The maximum Gasteiger partial charge on any atom is 0.255 e. The highest BCUT2D eigenvalue weighted by atomic mass is 35.5. The Bertz CT molecular complexity index is 663. The first kappa shape index (κ1) is 15.0. The Labute approximate surface area is 131 Å². The number of rotatable bonds is 2. The molecule has 3 N–H and O–H groups in total. The van der Waals surface area contributed by atoms with E-state index in [9.17, 15) is 4.79 Å². The minimum absolute atomic E-state index is 0.236. The van der Waals surface area contributed by atoms with Gasteiger partial charge in [-0.3, -0.25) is 4.79 Å². The van der Waals surface area contributed by atoms with Gasteiger partial charge in [0.1, 0.15) is 0 Å². The number of anilines is 2. The molecule has 1 amide bonds. The van der Waals surface area contributed by atoms with E-state index in [1.807, 2.05) is 6.92 Å². The van der Waals surface area contributed by atoms with Gasteiger partial charge < -0.3 is 11.1 Å². The van der Waals surface area contributed by atoms with Gasteiger partial charge in [0, 0.05) is 16.3 Å². The summed E-state index contributed by atoms with van der Waals surface area (Å²) in [7, 11) is 0. The van der Waals surface area contributed by atoms with Gasteiger partial charge in [0.15, 0.2) is 0 Å². The predicted molar refractivity (Wildman–Crippen MR) is 85.0 cm³/mol. The number of nitrogen functional groups attached to an aromatic ring is 1. The van der Waals surface area contributed by atoms with Gasteiger partial charge in [0.2, 0.25) is 0 Å². The molecule has 0 unspecified atom stereocenters. The van der Waals surface area contributed by atoms with Crippen molar-refractivity contribution < 1.29 is 4.79 Å². The van der Waals surface area contributed by atoms with Gasteiger partial charge in [-0.1, -0.05) is 40.9 Å². The highest BCUT2D eigenvalue weighted by Crippen LogP contribution is 2.30. The second-order valence-corrected chi connectivity index (χ2v) is 5.42. The smallest absolute Gasteiger partial charge is 0.255 e. The molecule has 0 atom stereocenters. The lowest BCUT2D eigenvalue weighted by Gasteiger charge is -2.10. The van der Waals surface area contributed by atoms with Crippen LogP contribution in [0.25, 0.3) is 0 Å². The summed E-state index contributed by atoms with van der Waals surface area (Å²) in [4.78, 5) is 12.2. The molecule has 0 spiro atoms. The first-order valence-corrected chi connectivity index (χ1v) is 6.84. The Hall–Kier alpha value is -1.42. The molecule has 0 aliphatic carbocycles. The average Bonchev–Trinajstić information content (AvgIpc) is 2.40. The number of benzene rings is 2. The summed E-state index contributed by atoms with van der Waals surface area (Å²) < 4.78 is 0. The van der Waals surface area contributed by atoms with Crippen molar-refractivity contribution in [3.05, 3.63) is 56.5 Å². The molecule has 0 radical (unpaired) electrons. The number of hydrogen-bond acceptors (Lipinski definition) is 2. The number of hydrogen-bond donors (Lipinski definition) is 2. The molecule has 104 valence electrons. The van der Waals surface area contributed by atoms with Crippen LogP contribution < -0.4 is 11.1 Å². The van der Waals surface area contributed by atoms with E-state index in [1.54, 1.807) is 18.2 Å². The molecule has 0 fully saturated rings. The van der Waals surface area contributed by atoms with Crippen molar-refractivity contribution in [3.8, 4) is 0 Å². The lowest BCUT2D eigenvalue weighted by Crippen LogP contribution is -2.13. The van der Waals surface area contributed by atoms with Crippen molar-refractivity contribution in [3.63, 3.8) is 0 Å². The van der Waals surface area contributed by atoms with Crippen molar-refractivity contribution in [1.82, 2.24) is 0 Å². The van der Waals surface area contributed by atoms with Crippen LogP contribution in [-0.4, -0.2) is 5.91 Å². The number of amides is 1. The van der Waals surface area contributed by atoms with Crippen LogP contribution in [0.2, 0.25) is 15.1 Å². The first-order valence-electron chi connectivity index (χ1n) is 5.71. The Morgan fingerprint density at radius 3 is 2.50 bits per heavy atom. The first-order chi connectivity index (χ1) is 9.40. The topological polar surface area (TPSA) is 55.1 Å². The zero-order valence-corrected chi connectivity index (χ0v) is 12.8. The van der Waals surface area contributed by atoms with Crippen molar-refractivity contribution in [2.75, 3.05) is 11.1 Å². The van der Waals surface area contributed by atoms with E-state index in [0.717, 1.165) is 5.56 Å². The zero-order chi connectivity index (χ0) is 14.9. The minimum Gasteiger partial charge on any atom is -0.397 e. The summed E-state index contributed by atoms with van der Waals surface area (Å²) >= 11 is 17.8. The van der Waals surface area contributed by atoms with E-state index in [0.29, 0.717) is 16.3 Å². The van der Waals surface area contributed by atoms with Gasteiger partial charge in [-0.15, -0.1) is 0 Å². The molecule has 0 aromatic heterocycles. The van der Waals surface area contributed by atoms with Crippen LogP contribution in [0, 0.1) is 6.92 Å². The maximum atomic E-state index is 12.2. The van der Waals surface area contributed by atoms with E-state index in [2.05, 4.69) is 5.32 Å². The molecule has 0 heterocycles. The summed E-state index contributed by atoms with van der Waals surface area (Å²) in [6, 6.07) is 8.22. The van der Waals surface area contributed by atoms with Crippen LogP contribution in [0.4, 0.5) is 11.4 Å². The lowest BCUT2D eigenvalue weighted by molar-refractivity contribution is 0.102. The van der Waals surface area contributed by atoms with Gasteiger partial charge >= 0.3 is 0 Å². The summed E-state index contributed by atoms with van der Waals surface area (Å²) in [6.07, 6.45) is 0. The number of halogens is 3. The molecule has 0 aliphatic rings. The van der Waals surface area contributed by atoms with Crippen LogP contribution in [-0.2, 0) is 0 Å². The third kappa shape index (κ3) is 3.01. The molecule has 0 saturated heterocycles. The minimum atomic E-state index is -0.333. The van der Waals surface area contributed by atoms with Crippen molar-refractivity contribution >= 4 is 52.1 Å². The molecule has 0 saturated carbocycles. The molecule has 6 heteroatoms. The van der Waals surface area contributed by atoms with Crippen LogP contribution in [0.5, 0.6) is 0 Å². The number of nitrogens with one attached hydrogen (secondary N) is 1. The summed E-state index contributed by atoms with van der Waals surface area (Å²) in [6.45, 7) is 1.82. The highest BCUT2D eigenvalue weighted by molar-refractivity contribution is 6.44. The standard InChI is InChI=1S/C14H11Cl3N2O/c1-7-9(15)3-2-4-12(7)19-14(20)8-5-10(16)13(17)11(18)6-8/h2-6H,18H2,1H3,(H,19,20). The molecule has 20 heavy (non-hydrogen) atoms. The Kier molecular flexibility index (Phi) is 4.43. The normalized spacial score (nSPS) is 10.4. The number of carbonyl (C=O) groups excluding carboxylic acids is 1. The quantitative estimate of drug-likeness (QED) is 0.778. The van der Waals surface area contributed by atoms with Crippen LogP contribution in [0.15, 0.2) is 30.3 Å². The summed E-state index contributed by atoms with van der Waals surface area (Å²) in [5.41, 5.74) is 7.69. The molecule has 3 nitrogen and oxygen atoms in total. The highest BCUT2D eigenvalue weighted by Gasteiger charge is 2.13. The van der Waals surface area contributed by atoms with Gasteiger partial charge in [-0.05, 0) is 36.8 Å².